The molecule has 9 heteroatoms. The van der Waals surface area contributed by atoms with Crippen LogP contribution in [0.1, 0.15) is 31.8 Å². The molecule has 0 aromatic heterocycles. The van der Waals surface area contributed by atoms with Crippen LogP contribution in [0.15, 0.2) is 60.7 Å². The van der Waals surface area contributed by atoms with Gasteiger partial charge in [-0.15, -0.1) is 0 Å². The van der Waals surface area contributed by atoms with Gasteiger partial charge in [-0.2, -0.15) is 13.2 Å². The summed E-state index contributed by atoms with van der Waals surface area (Å²) < 4.78 is 43.6. The minimum absolute atomic E-state index is 0.00318. The predicted molar refractivity (Wildman–Crippen MR) is 118 cm³/mol. The molecule has 0 radical (unpaired) electrons. The molecule has 3 aromatic rings. The molecule has 0 saturated heterocycles. The van der Waals surface area contributed by atoms with E-state index in [4.69, 9.17) is 10.1 Å². The largest absolute Gasteiger partial charge is 0.507 e. The summed E-state index contributed by atoms with van der Waals surface area (Å²) in [6.07, 6.45) is -3.93. The van der Waals surface area contributed by atoms with Crippen LogP contribution in [-0.2, 0) is 6.54 Å². The minimum Gasteiger partial charge on any atom is -0.507 e. The Morgan fingerprint density at radius 3 is 2.29 bits per heavy atom. The van der Waals surface area contributed by atoms with Crippen LogP contribution in [0.3, 0.4) is 0 Å². The SMILES string of the molecule is N=Cc1cc(-c2ccc3c(c2)CN(C(=O)c2ccc(C(=O)C(F)(F)F)cc2)CCO3)ccc1O. The molecule has 0 saturated carbocycles. The summed E-state index contributed by atoms with van der Waals surface area (Å²) in [4.78, 5) is 25.9. The van der Waals surface area contributed by atoms with E-state index in [1.807, 2.05) is 12.1 Å². The summed E-state index contributed by atoms with van der Waals surface area (Å²) >= 11 is 0. The molecular weight excluding hydrogens is 449 g/mol. The van der Waals surface area contributed by atoms with E-state index in [0.29, 0.717) is 11.3 Å². The lowest BCUT2D eigenvalue weighted by atomic mass is 10.00. The number of amides is 1. The fraction of sp³-hybridized carbons (Fsp3) is 0.160. The molecule has 3 aromatic carbocycles. The Labute approximate surface area is 192 Å². The quantitative estimate of drug-likeness (QED) is 0.424. The first-order valence-corrected chi connectivity index (χ1v) is 10.3. The summed E-state index contributed by atoms with van der Waals surface area (Å²) in [7, 11) is 0. The van der Waals surface area contributed by atoms with Crippen molar-refractivity contribution in [3.05, 3.63) is 82.9 Å². The number of carbonyl (C=O) groups is 2. The monoisotopic (exact) mass is 468 g/mol. The predicted octanol–water partition coefficient (Wildman–Crippen LogP) is 4.84. The third kappa shape index (κ3) is 4.63. The molecule has 4 rings (SSSR count). The van der Waals surface area contributed by atoms with Gasteiger partial charge < -0.3 is 20.2 Å². The molecule has 0 spiro atoms. The molecule has 0 atom stereocenters. The maximum absolute atomic E-state index is 13.0. The molecule has 0 aliphatic carbocycles. The van der Waals surface area contributed by atoms with Crippen LogP contribution >= 0.6 is 0 Å². The number of Topliss-reactive ketones (excluding diaryl/α,β-unsaturated/α-hetero) is 1. The van der Waals surface area contributed by atoms with E-state index in [-0.39, 0.29) is 31.0 Å². The van der Waals surface area contributed by atoms with E-state index in [1.54, 1.807) is 18.2 Å². The number of nitrogens with zero attached hydrogens (tertiary/aromatic N) is 1. The summed E-state index contributed by atoms with van der Waals surface area (Å²) in [5.41, 5.74) is 2.30. The van der Waals surface area contributed by atoms with Gasteiger partial charge in [0, 0.05) is 35.0 Å². The molecule has 1 aliphatic heterocycles. The molecule has 2 N–H and O–H groups in total. The number of phenolic OH excluding ortho intramolecular Hbond substituents is 1. The molecule has 0 unspecified atom stereocenters. The molecule has 0 bridgehead atoms. The van der Waals surface area contributed by atoms with Gasteiger partial charge in [0.1, 0.15) is 18.1 Å². The normalized spacial score (nSPS) is 13.4. The highest BCUT2D eigenvalue weighted by Gasteiger charge is 2.39. The van der Waals surface area contributed by atoms with Crippen LogP contribution in [0.4, 0.5) is 13.2 Å². The van der Waals surface area contributed by atoms with Gasteiger partial charge in [-0.05, 0) is 47.5 Å². The van der Waals surface area contributed by atoms with Crippen molar-refractivity contribution >= 4 is 17.9 Å². The maximum atomic E-state index is 13.0. The Hall–Kier alpha value is -4.14. The second-order valence-corrected chi connectivity index (χ2v) is 7.72. The van der Waals surface area contributed by atoms with E-state index in [9.17, 15) is 27.9 Å². The lowest BCUT2D eigenvalue weighted by Crippen LogP contribution is -2.32. The Bertz CT molecular complexity index is 1270. The number of carbonyl (C=O) groups excluding carboxylic acids is 2. The van der Waals surface area contributed by atoms with Crippen molar-refractivity contribution in [2.24, 2.45) is 0 Å². The molecule has 34 heavy (non-hydrogen) atoms. The first-order chi connectivity index (χ1) is 16.2. The average molecular weight is 468 g/mol. The summed E-state index contributed by atoms with van der Waals surface area (Å²) in [5, 5.41) is 17.2. The lowest BCUT2D eigenvalue weighted by Gasteiger charge is -2.20. The second kappa shape index (κ2) is 9.01. The topological polar surface area (TPSA) is 90.7 Å². The standard InChI is InChI=1S/C25H19F3N2O4/c26-25(27,28)23(32)15-1-3-16(4-2-15)24(33)30-9-10-34-22-8-6-18(12-20(22)14-30)17-5-7-21(31)19(11-17)13-29/h1-8,11-13,29,31H,9-10,14H2. The lowest BCUT2D eigenvalue weighted by molar-refractivity contribution is -0.0885. The number of hydrogen-bond donors (Lipinski definition) is 2. The maximum Gasteiger partial charge on any atom is 0.454 e. The zero-order chi connectivity index (χ0) is 24.5. The number of nitrogens with one attached hydrogen (secondary N) is 1. The van der Waals surface area contributed by atoms with Gasteiger partial charge in [0.05, 0.1) is 6.54 Å². The van der Waals surface area contributed by atoms with E-state index in [0.717, 1.165) is 35.0 Å². The van der Waals surface area contributed by atoms with Crippen molar-refractivity contribution < 1.29 is 32.6 Å². The van der Waals surface area contributed by atoms with Crippen LogP contribution in [0.5, 0.6) is 11.5 Å². The molecule has 1 heterocycles. The number of alkyl halides is 3. The summed E-state index contributed by atoms with van der Waals surface area (Å²) in [5.74, 6) is -1.76. The van der Waals surface area contributed by atoms with Crippen LogP contribution in [-0.4, -0.2) is 47.2 Å². The third-order valence-electron chi connectivity index (χ3n) is 5.50. The van der Waals surface area contributed by atoms with Gasteiger partial charge in [0.2, 0.25) is 0 Å². The first kappa shape index (κ1) is 23.0. The Morgan fingerprint density at radius 2 is 1.62 bits per heavy atom. The van der Waals surface area contributed by atoms with Crippen molar-refractivity contribution in [2.45, 2.75) is 12.7 Å². The van der Waals surface area contributed by atoms with Crippen molar-refractivity contribution in [2.75, 3.05) is 13.2 Å². The second-order valence-electron chi connectivity index (χ2n) is 7.72. The molecule has 6 nitrogen and oxygen atoms in total. The number of fused-ring (bicyclic) bond motifs is 1. The van der Waals surface area contributed by atoms with Gasteiger partial charge in [0.15, 0.2) is 0 Å². The first-order valence-electron chi connectivity index (χ1n) is 10.3. The van der Waals surface area contributed by atoms with Crippen LogP contribution < -0.4 is 4.74 Å². The smallest absolute Gasteiger partial charge is 0.454 e. The van der Waals surface area contributed by atoms with Gasteiger partial charge in [-0.25, -0.2) is 0 Å². The van der Waals surface area contributed by atoms with E-state index in [2.05, 4.69) is 0 Å². The molecular formula is C25H19F3N2O4. The van der Waals surface area contributed by atoms with Crippen molar-refractivity contribution in [1.29, 1.82) is 5.41 Å². The van der Waals surface area contributed by atoms with Crippen molar-refractivity contribution in [1.82, 2.24) is 4.90 Å². The number of rotatable bonds is 4. The van der Waals surface area contributed by atoms with Crippen LogP contribution in [0.25, 0.3) is 11.1 Å². The van der Waals surface area contributed by atoms with Crippen LogP contribution in [0, 0.1) is 5.41 Å². The van der Waals surface area contributed by atoms with E-state index >= 15 is 0 Å². The number of halogens is 3. The van der Waals surface area contributed by atoms with E-state index in [1.165, 1.54) is 23.1 Å². The van der Waals surface area contributed by atoms with Gasteiger partial charge in [0.25, 0.3) is 11.7 Å². The zero-order valence-corrected chi connectivity index (χ0v) is 17.7. The number of aromatic hydroxyl groups is 1. The van der Waals surface area contributed by atoms with Crippen LogP contribution in [0.2, 0.25) is 0 Å². The number of ether oxygens (including phenoxy) is 1. The summed E-state index contributed by atoms with van der Waals surface area (Å²) in [6.45, 7) is 0.712. The van der Waals surface area contributed by atoms with Gasteiger partial charge in [-0.3, -0.25) is 9.59 Å². The molecule has 1 aliphatic rings. The fourth-order valence-corrected chi connectivity index (χ4v) is 3.71. The molecule has 1 amide bonds. The fourth-order valence-electron chi connectivity index (χ4n) is 3.71. The van der Waals surface area contributed by atoms with Gasteiger partial charge >= 0.3 is 6.18 Å². The molecule has 0 fully saturated rings. The van der Waals surface area contributed by atoms with Crippen molar-refractivity contribution in [3.8, 4) is 22.6 Å². The number of phenols is 1. The van der Waals surface area contributed by atoms with Gasteiger partial charge in [-0.1, -0.05) is 24.3 Å². The highest BCUT2D eigenvalue weighted by Crippen LogP contribution is 2.31. The highest BCUT2D eigenvalue weighted by molar-refractivity contribution is 6.01. The minimum atomic E-state index is -4.98. The Morgan fingerprint density at radius 1 is 0.971 bits per heavy atom. The van der Waals surface area contributed by atoms with E-state index < -0.39 is 23.4 Å². The van der Waals surface area contributed by atoms with Crippen molar-refractivity contribution in [3.63, 3.8) is 0 Å². The third-order valence-corrected chi connectivity index (χ3v) is 5.50. The summed E-state index contributed by atoms with van der Waals surface area (Å²) in [6, 6.07) is 14.8. The highest BCUT2D eigenvalue weighted by atomic mass is 19.4. The Kier molecular flexibility index (Phi) is 6.10. The zero-order valence-electron chi connectivity index (χ0n) is 17.7. The molecule has 174 valence electrons. The average Bonchev–Trinajstić information content (AvgIpc) is 3.05. The number of hydrogen-bond acceptors (Lipinski definition) is 5. The number of ketones is 1. The Balaban J connectivity index is 1.58. The number of benzene rings is 3.